The van der Waals surface area contributed by atoms with Gasteiger partial charge in [0.15, 0.2) is 11.5 Å². The maximum absolute atomic E-state index is 12.3. The fraction of sp³-hybridized carbons (Fsp3) is 0.538. The van der Waals surface area contributed by atoms with Gasteiger partial charge in [0.25, 0.3) is 0 Å². The topological polar surface area (TPSA) is 56.5 Å². The molecule has 0 amide bonds. The normalized spacial score (nSPS) is 16.4. The molecule has 21 heavy (non-hydrogen) atoms. The molecule has 1 aliphatic rings. The van der Waals surface area contributed by atoms with Crippen LogP contribution in [0.2, 0.25) is 0 Å². The molecule has 0 aromatic heterocycles. The Morgan fingerprint density at radius 2 is 2.00 bits per heavy atom. The van der Waals surface area contributed by atoms with Crippen LogP contribution in [0.1, 0.15) is 18.0 Å². The van der Waals surface area contributed by atoms with Crippen molar-refractivity contribution >= 4 is 15.9 Å². The van der Waals surface area contributed by atoms with E-state index in [-0.39, 0.29) is 6.54 Å². The maximum Gasteiger partial charge on any atom is 0.401 e. The molecule has 0 saturated carbocycles. The minimum absolute atomic E-state index is 0.0438. The summed E-state index contributed by atoms with van der Waals surface area (Å²) in [5.41, 5.74) is 6.20. The summed E-state index contributed by atoms with van der Waals surface area (Å²) in [7, 11) is 0. The van der Waals surface area contributed by atoms with Crippen LogP contribution in [0.4, 0.5) is 13.2 Å². The summed E-state index contributed by atoms with van der Waals surface area (Å²) in [6, 6.07) is 2.76. The Morgan fingerprint density at radius 1 is 1.29 bits per heavy atom. The summed E-state index contributed by atoms with van der Waals surface area (Å²) >= 11 is 3.36. The molecule has 0 aliphatic carbocycles. The van der Waals surface area contributed by atoms with Gasteiger partial charge in [-0.1, -0.05) is 0 Å². The maximum atomic E-state index is 12.3. The van der Waals surface area contributed by atoms with Crippen molar-refractivity contribution in [3.05, 3.63) is 22.2 Å². The molecule has 1 unspecified atom stereocenters. The van der Waals surface area contributed by atoms with E-state index in [4.69, 9.17) is 15.2 Å². The van der Waals surface area contributed by atoms with E-state index < -0.39 is 18.8 Å². The van der Waals surface area contributed by atoms with E-state index in [0.717, 1.165) is 6.42 Å². The summed E-state index contributed by atoms with van der Waals surface area (Å²) in [4.78, 5) is 0. The largest absolute Gasteiger partial charge is 0.490 e. The first kappa shape index (κ1) is 16.4. The Balaban J connectivity index is 2.21. The third-order valence-corrected chi connectivity index (χ3v) is 3.60. The number of alkyl halides is 3. The molecule has 118 valence electrons. The molecule has 0 saturated heterocycles. The average Bonchev–Trinajstić information content (AvgIpc) is 2.64. The first-order valence-electron chi connectivity index (χ1n) is 6.50. The number of halogens is 4. The molecule has 1 aliphatic heterocycles. The van der Waals surface area contributed by atoms with Gasteiger partial charge in [-0.2, -0.15) is 13.2 Å². The highest BCUT2D eigenvalue weighted by Crippen LogP contribution is 2.39. The SMILES string of the molecule is NCC(NCC(F)(F)F)c1cc(Br)c2c(c1)OCCCO2. The molecule has 1 aromatic rings. The lowest BCUT2D eigenvalue weighted by molar-refractivity contribution is -0.126. The molecule has 2 rings (SSSR count). The van der Waals surface area contributed by atoms with Crippen molar-refractivity contribution in [2.45, 2.75) is 18.6 Å². The molecular weight excluding hydrogens is 353 g/mol. The first-order chi connectivity index (χ1) is 9.90. The van der Waals surface area contributed by atoms with Crippen LogP contribution >= 0.6 is 15.9 Å². The van der Waals surface area contributed by atoms with Gasteiger partial charge in [-0.05, 0) is 33.6 Å². The van der Waals surface area contributed by atoms with E-state index >= 15 is 0 Å². The second-order valence-electron chi connectivity index (χ2n) is 4.66. The van der Waals surface area contributed by atoms with E-state index in [1.54, 1.807) is 12.1 Å². The number of rotatable bonds is 4. The number of benzene rings is 1. The molecule has 4 nitrogen and oxygen atoms in total. The number of hydrogen-bond acceptors (Lipinski definition) is 4. The number of nitrogens with two attached hydrogens (primary N) is 1. The lowest BCUT2D eigenvalue weighted by atomic mass is 10.1. The molecular formula is C13H16BrF3N2O2. The monoisotopic (exact) mass is 368 g/mol. The van der Waals surface area contributed by atoms with Crippen LogP contribution in [0.3, 0.4) is 0 Å². The van der Waals surface area contributed by atoms with E-state index in [2.05, 4.69) is 21.2 Å². The van der Waals surface area contributed by atoms with E-state index in [9.17, 15) is 13.2 Å². The lowest BCUT2D eigenvalue weighted by Crippen LogP contribution is -2.35. The number of hydrogen-bond donors (Lipinski definition) is 2. The summed E-state index contributed by atoms with van der Waals surface area (Å²) < 4.78 is 48.7. The molecule has 3 N–H and O–H groups in total. The molecule has 1 aromatic carbocycles. The number of nitrogens with one attached hydrogen (secondary N) is 1. The second-order valence-corrected chi connectivity index (χ2v) is 5.52. The Bertz CT molecular complexity index is 497. The quantitative estimate of drug-likeness (QED) is 0.857. The second kappa shape index (κ2) is 6.85. The smallest absolute Gasteiger partial charge is 0.401 e. The van der Waals surface area contributed by atoms with Gasteiger partial charge in [0.1, 0.15) is 0 Å². The Morgan fingerprint density at radius 3 is 2.67 bits per heavy atom. The molecule has 0 radical (unpaired) electrons. The van der Waals surface area contributed by atoms with Crippen molar-refractivity contribution in [3.8, 4) is 11.5 Å². The highest BCUT2D eigenvalue weighted by atomic mass is 79.9. The fourth-order valence-corrected chi connectivity index (χ4v) is 2.60. The van der Waals surface area contributed by atoms with Crippen LogP contribution in [0.5, 0.6) is 11.5 Å². The Hall–Kier alpha value is -0.990. The van der Waals surface area contributed by atoms with Crippen LogP contribution in [-0.2, 0) is 0 Å². The van der Waals surface area contributed by atoms with Crippen molar-refractivity contribution in [1.29, 1.82) is 0 Å². The van der Waals surface area contributed by atoms with Crippen molar-refractivity contribution in [3.63, 3.8) is 0 Å². The summed E-state index contributed by atoms with van der Waals surface area (Å²) in [5, 5.41) is 2.41. The predicted octanol–water partition coefficient (Wildman–Crippen LogP) is 2.76. The van der Waals surface area contributed by atoms with Crippen LogP contribution in [-0.4, -0.2) is 32.5 Å². The van der Waals surface area contributed by atoms with Gasteiger partial charge in [-0.25, -0.2) is 0 Å². The zero-order valence-electron chi connectivity index (χ0n) is 11.2. The predicted molar refractivity (Wildman–Crippen MR) is 75.6 cm³/mol. The van der Waals surface area contributed by atoms with Crippen LogP contribution < -0.4 is 20.5 Å². The van der Waals surface area contributed by atoms with Gasteiger partial charge in [-0.3, -0.25) is 0 Å². The molecule has 1 atom stereocenters. The zero-order valence-corrected chi connectivity index (χ0v) is 12.8. The van der Waals surface area contributed by atoms with Crippen molar-refractivity contribution < 1.29 is 22.6 Å². The van der Waals surface area contributed by atoms with Crippen molar-refractivity contribution in [2.24, 2.45) is 5.73 Å². The van der Waals surface area contributed by atoms with Gasteiger partial charge >= 0.3 is 6.18 Å². The fourth-order valence-electron chi connectivity index (χ4n) is 2.03. The molecule has 0 bridgehead atoms. The van der Waals surface area contributed by atoms with Gasteiger partial charge in [0.05, 0.1) is 24.2 Å². The number of ether oxygens (including phenoxy) is 2. The number of fused-ring (bicyclic) bond motifs is 1. The standard InChI is InChI=1S/C13H16BrF3N2O2/c14-9-4-8(10(6-18)19-7-13(15,16)17)5-11-12(9)21-3-1-2-20-11/h4-5,10,19H,1-3,6-7,18H2. The highest BCUT2D eigenvalue weighted by Gasteiger charge is 2.28. The van der Waals surface area contributed by atoms with Crippen LogP contribution in [0, 0.1) is 0 Å². The minimum atomic E-state index is -4.28. The minimum Gasteiger partial charge on any atom is -0.490 e. The van der Waals surface area contributed by atoms with Crippen LogP contribution in [0.15, 0.2) is 16.6 Å². The summed E-state index contributed by atoms with van der Waals surface area (Å²) in [6.45, 7) is -0.00710. The molecule has 8 heteroatoms. The Kier molecular flexibility index (Phi) is 5.34. The molecule has 0 spiro atoms. The third-order valence-electron chi connectivity index (χ3n) is 3.01. The average molecular weight is 369 g/mol. The highest BCUT2D eigenvalue weighted by molar-refractivity contribution is 9.10. The van der Waals surface area contributed by atoms with Gasteiger partial charge in [0, 0.05) is 19.0 Å². The van der Waals surface area contributed by atoms with Gasteiger partial charge in [-0.15, -0.1) is 0 Å². The molecule has 1 heterocycles. The van der Waals surface area contributed by atoms with Crippen molar-refractivity contribution in [1.82, 2.24) is 5.32 Å². The van der Waals surface area contributed by atoms with Gasteiger partial charge < -0.3 is 20.5 Å². The van der Waals surface area contributed by atoms with Gasteiger partial charge in [0.2, 0.25) is 0 Å². The van der Waals surface area contributed by atoms with Crippen LogP contribution in [0.25, 0.3) is 0 Å². The van der Waals surface area contributed by atoms with E-state index in [1.165, 1.54) is 0 Å². The third kappa shape index (κ3) is 4.49. The van der Waals surface area contributed by atoms with E-state index in [1.807, 2.05) is 0 Å². The summed E-state index contributed by atoms with van der Waals surface area (Å²) in [5.74, 6) is 1.09. The molecule has 0 fully saturated rings. The van der Waals surface area contributed by atoms with Crippen molar-refractivity contribution in [2.75, 3.05) is 26.3 Å². The zero-order chi connectivity index (χ0) is 15.5. The van der Waals surface area contributed by atoms with E-state index in [0.29, 0.717) is 34.7 Å². The summed E-state index contributed by atoms with van der Waals surface area (Å²) in [6.07, 6.45) is -3.53. The Labute approximate surface area is 128 Å². The lowest BCUT2D eigenvalue weighted by Gasteiger charge is -2.20. The first-order valence-corrected chi connectivity index (χ1v) is 7.29.